The Balaban J connectivity index is 1.90. The molecule has 0 aromatic heterocycles. The van der Waals surface area contributed by atoms with Gasteiger partial charge in [0.25, 0.3) is 0 Å². The SMILES string of the molecule is CCCc1ccc(C(O)CSc2ccc(C)cc2)cc1. The van der Waals surface area contributed by atoms with Crippen LogP contribution in [0.4, 0.5) is 0 Å². The van der Waals surface area contributed by atoms with E-state index in [0.29, 0.717) is 5.75 Å². The average molecular weight is 286 g/mol. The van der Waals surface area contributed by atoms with Gasteiger partial charge in [0.15, 0.2) is 0 Å². The molecular formula is C18H22OS. The number of aliphatic hydroxyl groups excluding tert-OH is 1. The zero-order valence-electron chi connectivity index (χ0n) is 12.2. The van der Waals surface area contributed by atoms with E-state index in [4.69, 9.17) is 0 Å². The third kappa shape index (κ3) is 4.39. The maximum Gasteiger partial charge on any atom is 0.0883 e. The van der Waals surface area contributed by atoms with Crippen LogP contribution in [0, 0.1) is 6.92 Å². The van der Waals surface area contributed by atoms with E-state index in [0.717, 1.165) is 18.4 Å². The number of aryl methyl sites for hydroxylation is 2. The van der Waals surface area contributed by atoms with Gasteiger partial charge in [-0.2, -0.15) is 0 Å². The highest BCUT2D eigenvalue weighted by molar-refractivity contribution is 7.99. The van der Waals surface area contributed by atoms with Crippen LogP contribution in [-0.2, 0) is 6.42 Å². The highest BCUT2D eigenvalue weighted by Gasteiger charge is 2.08. The molecule has 0 bridgehead atoms. The molecule has 0 saturated heterocycles. The van der Waals surface area contributed by atoms with Crippen LogP contribution in [0.5, 0.6) is 0 Å². The summed E-state index contributed by atoms with van der Waals surface area (Å²) in [6.45, 7) is 4.27. The molecule has 20 heavy (non-hydrogen) atoms. The van der Waals surface area contributed by atoms with Gasteiger partial charge in [-0.3, -0.25) is 0 Å². The van der Waals surface area contributed by atoms with Gasteiger partial charge in [0.05, 0.1) is 6.10 Å². The summed E-state index contributed by atoms with van der Waals surface area (Å²) in [5.41, 5.74) is 3.61. The number of benzene rings is 2. The third-order valence-electron chi connectivity index (χ3n) is 3.33. The number of aliphatic hydroxyl groups is 1. The summed E-state index contributed by atoms with van der Waals surface area (Å²) < 4.78 is 0. The maximum absolute atomic E-state index is 10.2. The lowest BCUT2D eigenvalue weighted by Crippen LogP contribution is -2.00. The second-order valence-electron chi connectivity index (χ2n) is 5.13. The summed E-state index contributed by atoms with van der Waals surface area (Å²) in [7, 11) is 0. The molecule has 0 heterocycles. The van der Waals surface area contributed by atoms with Gasteiger partial charge in [-0.15, -0.1) is 11.8 Å². The van der Waals surface area contributed by atoms with Crippen molar-refractivity contribution in [2.24, 2.45) is 0 Å². The number of hydrogen-bond donors (Lipinski definition) is 1. The van der Waals surface area contributed by atoms with Crippen LogP contribution >= 0.6 is 11.8 Å². The fraction of sp³-hybridized carbons (Fsp3) is 0.333. The Morgan fingerprint density at radius 3 is 2.25 bits per heavy atom. The summed E-state index contributed by atoms with van der Waals surface area (Å²) in [6.07, 6.45) is 1.86. The Labute approximate surface area is 126 Å². The summed E-state index contributed by atoms with van der Waals surface area (Å²) in [5, 5.41) is 10.2. The van der Waals surface area contributed by atoms with Gasteiger partial charge >= 0.3 is 0 Å². The Morgan fingerprint density at radius 2 is 1.65 bits per heavy atom. The topological polar surface area (TPSA) is 20.2 Å². The number of rotatable bonds is 6. The largest absolute Gasteiger partial charge is 0.388 e. The minimum absolute atomic E-state index is 0.406. The number of hydrogen-bond acceptors (Lipinski definition) is 2. The molecule has 0 saturated carbocycles. The Bertz CT molecular complexity index is 516. The predicted octanol–water partition coefficient (Wildman–Crippen LogP) is 4.77. The molecule has 0 aliphatic heterocycles. The molecule has 0 spiro atoms. The molecule has 0 amide bonds. The first-order chi connectivity index (χ1) is 9.69. The summed E-state index contributed by atoms with van der Waals surface area (Å²) in [5.74, 6) is 0.691. The molecule has 0 aliphatic carbocycles. The first kappa shape index (κ1) is 15.1. The van der Waals surface area contributed by atoms with E-state index >= 15 is 0 Å². The standard InChI is InChI=1S/C18H22OS/c1-3-4-15-7-9-16(10-8-15)18(19)13-20-17-11-5-14(2)6-12-17/h5-12,18-19H,3-4,13H2,1-2H3. The highest BCUT2D eigenvalue weighted by atomic mass is 32.2. The van der Waals surface area contributed by atoms with Crippen LogP contribution < -0.4 is 0 Å². The van der Waals surface area contributed by atoms with E-state index in [-0.39, 0.29) is 0 Å². The minimum atomic E-state index is -0.406. The fourth-order valence-corrected chi connectivity index (χ4v) is 2.97. The van der Waals surface area contributed by atoms with Gasteiger partial charge in [-0.25, -0.2) is 0 Å². The average Bonchev–Trinajstić information content (AvgIpc) is 2.47. The number of thioether (sulfide) groups is 1. The lowest BCUT2D eigenvalue weighted by molar-refractivity contribution is 0.204. The van der Waals surface area contributed by atoms with E-state index in [1.54, 1.807) is 11.8 Å². The molecule has 106 valence electrons. The van der Waals surface area contributed by atoms with Gasteiger partial charge in [-0.05, 0) is 36.6 Å². The monoisotopic (exact) mass is 286 g/mol. The molecule has 0 aliphatic rings. The van der Waals surface area contributed by atoms with Gasteiger partial charge in [0.1, 0.15) is 0 Å². The van der Waals surface area contributed by atoms with Crippen LogP contribution in [0.1, 0.15) is 36.1 Å². The van der Waals surface area contributed by atoms with Crippen LogP contribution in [0.25, 0.3) is 0 Å². The minimum Gasteiger partial charge on any atom is -0.388 e. The zero-order chi connectivity index (χ0) is 14.4. The lowest BCUT2D eigenvalue weighted by Gasteiger charge is -2.11. The Morgan fingerprint density at radius 1 is 1.00 bits per heavy atom. The van der Waals surface area contributed by atoms with Crippen LogP contribution in [0.15, 0.2) is 53.4 Å². The van der Waals surface area contributed by atoms with E-state index in [9.17, 15) is 5.11 Å². The molecule has 1 N–H and O–H groups in total. The van der Waals surface area contributed by atoms with Crippen molar-refractivity contribution < 1.29 is 5.11 Å². The molecule has 2 rings (SSSR count). The second kappa shape index (κ2) is 7.51. The first-order valence-corrected chi connectivity index (χ1v) is 8.14. The summed E-state index contributed by atoms with van der Waals surface area (Å²) in [4.78, 5) is 1.21. The van der Waals surface area contributed by atoms with Crippen LogP contribution in [0.3, 0.4) is 0 Å². The summed E-state index contributed by atoms with van der Waals surface area (Å²) >= 11 is 1.70. The van der Waals surface area contributed by atoms with Gasteiger partial charge < -0.3 is 5.11 Å². The van der Waals surface area contributed by atoms with E-state index in [2.05, 4.69) is 50.2 Å². The molecule has 1 unspecified atom stereocenters. The molecule has 2 heteroatoms. The fourth-order valence-electron chi connectivity index (χ4n) is 2.10. The molecule has 1 atom stereocenters. The van der Waals surface area contributed by atoms with E-state index in [1.807, 2.05) is 12.1 Å². The molecule has 0 fully saturated rings. The Hall–Kier alpha value is -1.25. The van der Waals surface area contributed by atoms with Gasteiger partial charge in [-0.1, -0.05) is 55.3 Å². The zero-order valence-corrected chi connectivity index (χ0v) is 13.0. The first-order valence-electron chi connectivity index (χ1n) is 7.15. The normalized spacial score (nSPS) is 12.3. The smallest absolute Gasteiger partial charge is 0.0883 e. The second-order valence-corrected chi connectivity index (χ2v) is 6.22. The van der Waals surface area contributed by atoms with Crippen molar-refractivity contribution in [1.29, 1.82) is 0 Å². The van der Waals surface area contributed by atoms with Crippen molar-refractivity contribution in [3.63, 3.8) is 0 Å². The molecular weight excluding hydrogens is 264 g/mol. The predicted molar refractivity (Wildman–Crippen MR) is 87.3 cm³/mol. The molecule has 2 aromatic rings. The van der Waals surface area contributed by atoms with Crippen LogP contribution in [0.2, 0.25) is 0 Å². The highest BCUT2D eigenvalue weighted by Crippen LogP contribution is 2.25. The van der Waals surface area contributed by atoms with Crippen molar-refractivity contribution in [3.05, 3.63) is 65.2 Å². The van der Waals surface area contributed by atoms with Crippen molar-refractivity contribution in [3.8, 4) is 0 Å². The van der Waals surface area contributed by atoms with Crippen LogP contribution in [-0.4, -0.2) is 10.9 Å². The summed E-state index contributed by atoms with van der Waals surface area (Å²) in [6, 6.07) is 16.8. The van der Waals surface area contributed by atoms with Crippen molar-refractivity contribution in [2.75, 3.05) is 5.75 Å². The van der Waals surface area contributed by atoms with Crippen molar-refractivity contribution in [1.82, 2.24) is 0 Å². The molecule has 2 aromatic carbocycles. The third-order valence-corrected chi connectivity index (χ3v) is 4.42. The van der Waals surface area contributed by atoms with Crippen molar-refractivity contribution in [2.45, 2.75) is 37.7 Å². The lowest BCUT2D eigenvalue weighted by atomic mass is 10.1. The van der Waals surface area contributed by atoms with Gasteiger partial charge in [0, 0.05) is 10.6 Å². The van der Waals surface area contributed by atoms with Gasteiger partial charge in [0.2, 0.25) is 0 Å². The van der Waals surface area contributed by atoms with E-state index < -0.39 is 6.10 Å². The van der Waals surface area contributed by atoms with E-state index in [1.165, 1.54) is 16.0 Å². The molecule has 1 nitrogen and oxygen atoms in total. The Kier molecular flexibility index (Phi) is 5.69. The molecule has 0 radical (unpaired) electrons. The van der Waals surface area contributed by atoms with Crippen molar-refractivity contribution >= 4 is 11.8 Å². The maximum atomic E-state index is 10.2. The quantitative estimate of drug-likeness (QED) is 0.772.